The van der Waals surface area contributed by atoms with E-state index >= 15 is 0 Å². The maximum absolute atomic E-state index is 11.0. The van der Waals surface area contributed by atoms with E-state index in [1.54, 1.807) is 12.2 Å². The second kappa shape index (κ2) is 2.88. The lowest BCUT2D eigenvalue weighted by Gasteiger charge is -2.28. The van der Waals surface area contributed by atoms with Crippen LogP contribution in [0.1, 0.15) is 0 Å². The third-order valence-electron chi connectivity index (χ3n) is 2.05. The van der Waals surface area contributed by atoms with Crippen molar-refractivity contribution >= 4 is 23.5 Å². The average molecular weight is 198 g/mol. The van der Waals surface area contributed by atoms with Gasteiger partial charge in [-0.15, -0.1) is 0 Å². The second-order valence-electron chi connectivity index (χ2n) is 2.95. The van der Waals surface area contributed by atoms with E-state index in [-0.39, 0.29) is 12.0 Å². The monoisotopic (exact) mass is 197 g/mol. The minimum atomic E-state index is -0.408. The largest absolute Gasteiger partial charge is 0.386 e. The average Bonchev–Trinajstić information content (AvgIpc) is 2.02. The van der Waals surface area contributed by atoms with E-state index < -0.39 is 6.03 Å². The van der Waals surface area contributed by atoms with Crippen molar-refractivity contribution in [2.75, 3.05) is 0 Å². The van der Waals surface area contributed by atoms with Gasteiger partial charge in [-0.2, -0.15) is 4.99 Å². The fourth-order valence-electron chi connectivity index (χ4n) is 1.43. The lowest BCUT2D eigenvalue weighted by Crippen LogP contribution is -2.48. The fourth-order valence-corrected chi connectivity index (χ4v) is 1.64. The number of carbonyl (C=O) groups excluding carboxylic acids is 1. The Balaban J connectivity index is 2.34. The van der Waals surface area contributed by atoms with Crippen LogP contribution >= 0.6 is 11.6 Å². The van der Waals surface area contributed by atoms with E-state index in [1.807, 2.05) is 6.08 Å². The number of amidine groups is 1. The summed E-state index contributed by atoms with van der Waals surface area (Å²) in [5, 5.41) is 3.27. The van der Waals surface area contributed by atoms with E-state index in [9.17, 15) is 4.79 Å². The molecule has 2 amide bonds. The summed E-state index contributed by atoms with van der Waals surface area (Å²) in [7, 11) is 0. The number of amides is 2. The number of halogens is 1. The first kappa shape index (κ1) is 8.31. The summed E-state index contributed by atoms with van der Waals surface area (Å²) in [5.74, 6) is 0.283. The molecule has 1 heterocycles. The SMILES string of the molecule is NC1=NC(=O)NC2C=C(Cl)C=CC12. The van der Waals surface area contributed by atoms with Gasteiger partial charge in [-0.05, 0) is 12.2 Å². The van der Waals surface area contributed by atoms with E-state index in [1.165, 1.54) is 0 Å². The molecule has 0 radical (unpaired) electrons. The van der Waals surface area contributed by atoms with Gasteiger partial charge >= 0.3 is 6.03 Å². The van der Waals surface area contributed by atoms with Gasteiger partial charge < -0.3 is 11.1 Å². The number of nitrogens with two attached hydrogens (primary N) is 1. The molecule has 4 nitrogen and oxygen atoms in total. The zero-order valence-electron chi connectivity index (χ0n) is 6.70. The molecule has 2 aliphatic rings. The molecule has 0 bridgehead atoms. The molecule has 0 spiro atoms. The van der Waals surface area contributed by atoms with Crippen LogP contribution in [0.15, 0.2) is 28.3 Å². The predicted octanol–water partition coefficient (Wildman–Crippen LogP) is 0.744. The van der Waals surface area contributed by atoms with Crippen LogP contribution in [-0.4, -0.2) is 17.9 Å². The summed E-state index contributed by atoms with van der Waals surface area (Å²) < 4.78 is 0. The van der Waals surface area contributed by atoms with Gasteiger partial charge in [0.25, 0.3) is 0 Å². The summed E-state index contributed by atoms with van der Waals surface area (Å²) in [4.78, 5) is 14.6. The van der Waals surface area contributed by atoms with E-state index in [0.29, 0.717) is 10.9 Å². The zero-order chi connectivity index (χ0) is 9.42. The molecule has 0 aromatic heterocycles. The lowest BCUT2D eigenvalue weighted by molar-refractivity contribution is 0.244. The highest BCUT2D eigenvalue weighted by molar-refractivity contribution is 6.31. The van der Waals surface area contributed by atoms with E-state index in [0.717, 1.165) is 0 Å². The molecule has 13 heavy (non-hydrogen) atoms. The molecule has 68 valence electrons. The molecule has 0 saturated heterocycles. The standard InChI is InChI=1S/C8H8ClN3O/c9-4-1-2-5-6(3-4)11-8(13)12-7(5)10/h1-3,5-6H,(H3,10,11,12,13). The normalized spacial score (nSPS) is 31.6. The highest BCUT2D eigenvalue weighted by Crippen LogP contribution is 2.21. The smallest absolute Gasteiger partial charge is 0.343 e. The second-order valence-corrected chi connectivity index (χ2v) is 3.38. The van der Waals surface area contributed by atoms with Crippen molar-refractivity contribution in [3.05, 3.63) is 23.3 Å². The molecule has 2 rings (SSSR count). The molecular formula is C8H8ClN3O. The number of rotatable bonds is 0. The fraction of sp³-hybridized carbons (Fsp3) is 0.250. The Hall–Kier alpha value is -1.29. The zero-order valence-corrected chi connectivity index (χ0v) is 7.45. The molecule has 3 N–H and O–H groups in total. The quantitative estimate of drug-likeness (QED) is 0.602. The maximum atomic E-state index is 11.0. The van der Waals surface area contributed by atoms with Gasteiger partial charge in [-0.1, -0.05) is 17.7 Å². The Morgan fingerprint density at radius 3 is 3.15 bits per heavy atom. The van der Waals surface area contributed by atoms with Crippen molar-refractivity contribution in [1.29, 1.82) is 0 Å². The van der Waals surface area contributed by atoms with Crippen LogP contribution in [0.25, 0.3) is 0 Å². The summed E-state index contributed by atoms with van der Waals surface area (Å²) in [6.07, 6.45) is 5.35. The van der Waals surface area contributed by atoms with E-state index in [4.69, 9.17) is 17.3 Å². The molecular weight excluding hydrogens is 190 g/mol. The number of nitrogens with zero attached hydrogens (tertiary/aromatic N) is 1. The Kier molecular flexibility index (Phi) is 1.84. The van der Waals surface area contributed by atoms with Gasteiger partial charge in [0.05, 0.1) is 12.0 Å². The molecule has 0 aromatic rings. The van der Waals surface area contributed by atoms with Crippen molar-refractivity contribution < 1.29 is 4.79 Å². The number of hydrogen-bond acceptors (Lipinski definition) is 2. The number of carbonyl (C=O) groups is 1. The highest BCUT2D eigenvalue weighted by Gasteiger charge is 2.29. The van der Waals surface area contributed by atoms with Gasteiger partial charge in [0, 0.05) is 5.03 Å². The molecule has 0 saturated carbocycles. The van der Waals surface area contributed by atoms with Crippen LogP contribution in [0, 0.1) is 5.92 Å². The third-order valence-corrected chi connectivity index (χ3v) is 2.30. The number of aliphatic imine (C=N–C) groups is 1. The number of urea groups is 1. The van der Waals surface area contributed by atoms with Crippen LogP contribution in [-0.2, 0) is 0 Å². The number of nitrogens with one attached hydrogen (secondary N) is 1. The first-order chi connectivity index (χ1) is 6.16. The molecule has 2 unspecified atom stereocenters. The van der Waals surface area contributed by atoms with Gasteiger partial charge in [0.15, 0.2) is 0 Å². The van der Waals surface area contributed by atoms with Crippen molar-refractivity contribution in [3.8, 4) is 0 Å². The Bertz CT molecular complexity index is 345. The molecule has 1 aliphatic heterocycles. The van der Waals surface area contributed by atoms with Crippen molar-refractivity contribution in [2.24, 2.45) is 16.6 Å². The van der Waals surface area contributed by atoms with Crippen LogP contribution in [0.2, 0.25) is 0 Å². The maximum Gasteiger partial charge on any atom is 0.343 e. The molecule has 0 fully saturated rings. The van der Waals surface area contributed by atoms with Crippen molar-refractivity contribution in [3.63, 3.8) is 0 Å². The van der Waals surface area contributed by atoms with Gasteiger partial charge in [-0.25, -0.2) is 4.79 Å². The topological polar surface area (TPSA) is 67.5 Å². The summed E-state index contributed by atoms with van der Waals surface area (Å²) in [6.45, 7) is 0. The molecule has 2 atom stereocenters. The highest BCUT2D eigenvalue weighted by atomic mass is 35.5. The van der Waals surface area contributed by atoms with E-state index in [2.05, 4.69) is 10.3 Å². The Morgan fingerprint density at radius 1 is 1.62 bits per heavy atom. The number of hydrogen-bond donors (Lipinski definition) is 2. The molecule has 0 aromatic carbocycles. The number of fused-ring (bicyclic) bond motifs is 1. The summed E-state index contributed by atoms with van der Waals surface area (Å²) in [5.41, 5.74) is 5.59. The van der Waals surface area contributed by atoms with Gasteiger partial charge in [0.1, 0.15) is 5.84 Å². The van der Waals surface area contributed by atoms with Gasteiger partial charge in [-0.3, -0.25) is 0 Å². The summed E-state index contributed by atoms with van der Waals surface area (Å²) >= 11 is 5.77. The lowest BCUT2D eigenvalue weighted by atomic mass is 9.93. The summed E-state index contributed by atoms with van der Waals surface area (Å²) in [6, 6.07) is -0.558. The van der Waals surface area contributed by atoms with Crippen molar-refractivity contribution in [1.82, 2.24) is 5.32 Å². The van der Waals surface area contributed by atoms with Gasteiger partial charge in [0.2, 0.25) is 0 Å². The van der Waals surface area contributed by atoms with Crippen LogP contribution in [0.4, 0.5) is 4.79 Å². The Morgan fingerprint density at radius 2 is 2.38 bits per heavy atom. The Labute approximate surface area is 80.2 Å². The first-order valence-electron chi connectivity index (χ1n) is 3.87. The number of allylic oxidation sites excluding steroid dienone is 2. The predicted molar refractivity (Wildman–Crippen MR) is 50.5 cm³/mol. The molecule has 1 aliphatic carbocycles. The third kappa shape index (κ3) is 1.45. The van der Waals surface area contributed by atoms with Crippen LogP contribution in [0.3, 0.4) is 0 Å². The molecule has 5 heteroatoms. The van der Waals surface area contributed by atoms with Crippen molar-refractivity contribution in [2.45, 2.75) is 6.04 Å². The first-order valence-corrected chi connectivity index (χ1v) is 4.24. The van der Waals surface area contributed by atoms with Crippen LogP contribution < -0.4 is 11.1 Å². The minimum Gasteiger partial charge on any atom is -0.386 e. The van der Waals surface area contributed by atoms with Crippen LogP contribution in [0.5, 0.6) is 0 Å². The minimum absolute atomic E-state index is 0.0554.